The lowest BCUT2D eigenvalue weighted by Gasteiger charge is -2.24. The van der Waals surface area contributed by atoms with Gasteiger partial charge in [-0.2, -0.15) is 0 Å². The minimum atomic E-state index is -0.115. The first-order valence-electron chi connectivity index (χ1n) is 7.85. The van der Waals surface area contributed by atoms with Crippen molar-refractivity contribution in [1.82, 2.24) is 9.47 Å². The monoisotopic (exact) mass is 302 g/mol. The number of nitrogens with zero attached hydrogens (tertiary/aromatic N) is 2. The van der Waals surface area contributed by atoms with E-state index in [-0.39, 0.29) is 5.82 Å². The van der Waals surface area contributed by atoms with Crippen LogP contribution in [0.1, 0.15) is 17.7 Å². The van der Waals surface area contributed by atoms with Crippen LogP contribution in [0.3, 0.4) is 0 Å². The lowest BCUT2D eigenvalue weighted by Crippen LogP contribution is -2.28. The Labute approximate surface area is 131 Å². The number of halogens is 1. The molecule has 0 aliphatic carbocycles. The van der Waals surface area contributed by atoms with Crippen LogP contribution in [-0.4, -0.2) is 29.7 Å². The van der Waals surface area contributed by atoms with E-state index < -0.39 is 0 Å². The van der Waals surface area contributed by atoms with Gasteiger partial charge in [-0.05, 0) is 30.5 Å². The summed E-state index contributed by atoms with van der Waals surface area (Å²) in [5.41, 5.74) is 2.07. The zero-order valence-corrected chi connectivity index (χ0v) is 13.0. The number of hydrogen-bond acceptors (Lipinski definition) is 2. The van der Waals surface area contributed by atoms with Crippen LogP contribution >= 0.6 is 0 Å². The molecule has 22 heavy (non-hydrogen) atoms. The van der Waals surface area contributed by atoms with Crippen LogP contribution in [-0.2, 0) is 24.4 Å². The molecular weight excluding hydrogens is 279 g/mol. The molecule has 1 aromatic carbocycles. The molecule has 118 valence electrons. The van der Waals surface area contributed by atoms with Crippen molar-refractivity contribution in [2.75, 3.05) is 20.3 Å². The van der Waals surface area contributed by atoms with Crippen molar-refractivity contribution in [3.05, 3.63) is 59.7 Å². The van der Waals surface area contributed by atoms with E-state index >= 15 is 0 Å². The van der Waals surface area contributed by atoms with Crippen molar-refractivity contribution in [3.63, 3.8) is 0 Å². The summed E-state index contributed by atoms with van der Waals surface area (Å²) in [5.74, 6) is 0.413. The van der Waals surface area contributed by atoms with E-state index in [4.69, 9.17) is 4.74 Å². The summed E-state index contributed by atoms with van der Waals surface area (Å²) in [4.78, 5) is 2.34. The average molecular weight is 302 g/mol. The van der Waals surface area contributed by atoms with Crippen LogP contribution in [0.2, 0.25) is 0 Å². The third-order valence-electron chi connectivity index (χ3n) is 4.36. The molecule has 0 amide bonds. The number of aromatic nitrogens is 1. The summed E-state index contributed by atoms with van der Waals surface area (Å²) in [5, 5.41) is 0. The van der Waals surface area contributed by atoms with Gasteiger partial charge in [-0.3, -0.25) is 4.90 Å². The quantitative estimate of drug-likeness (QED) is 0.843. The second-order valence-corrected chi connectivity index (χ2v) is 6.06. The van der Waals surface area contributed by atoms with Gasteiger partial charge in [0.05, 0.1) is 0 Å². The molecule has 0 saturated carbocycles. The van der Waals surface area contributed by atoms with E-state index in [1.807, 2.05) is 12.1 Å². The fraction of sp³-hybridized carbons (Fsp3) is 0.444. The Morgan fingerprint density at radius 1 is 1.18 bits per heavy atom. The van der Waals surface area contributed by atoms with Crippen molar-refractivity contribution in [2.45, 2.75) is 26.1 Å². The van der Waals surface area contributed by atoms with E-state index in [1.165, 1.54) is 11.8 Å². The fourth-order valence-corrected chi connectivity index (χ4v) is 3.22. The van der Waals surface area contributed by atoms with Crippen LogP contribution in [0.5, 0.6) is 0 Å². The zero-order chi connectivity index (χ0) is 15.4. The molecule has 2 heterocycles. The van der Waals surface area contributed by atoms with Crippen LogP contribution in [0.4, 0.5) is 4.39 Å². The number of methoxy groups -OCH3 is 1. The first kappa shape index (κ1) is 15.3. The highest BCUT2D eigenvalue weighted by Crippen LogP contribution is 2.22. The number of fused-ring (bicyclic) bond motifs is 1. The normalized spacial score (nSPS) is 18.9. The number of benzene rings is 1. The zero-order valence-electron chi connectivity index (χ0n) is 13.0. The number of rotatable bonds is 5. The minimum absolute atomic E-state index is 0.115. The van der Waals surface area contributed by atoms with Crippen molar-refractivity contribution in [3.8, 4) is 0 Å². The molecule has 0 bridgehead atoms. The van der Waals surface area contributed by atoms with Crippen molar-refractivity contribution >= 4 is 0 Å². The van der Waals surface area contributed by atoms with Gasteiger partial charge in [0, 0.05) is 57.3 Å². The van der Waals surface area contributed by atoms with Crippen molar-refractivity contribution in [2.24, 2.45) is 5.92 Å². The predicted octanol–water partition coefficient (Wildman–Crippen LogP) is 3.30. The Hall–Kier alpha value is -1.65. The molecule has 3 nitrogen and oxygen atoms in total. The molecule has 0 spiro atoms. The third-order valence-corrected chi connectivity index (χ3v) is 4.36. The van der Waals surface area contributed by atoms with Gasteiger partial charge < -0.3 is 9.30 Å². The molecule has 1 aromatic heterocycles. The maximum atomic E-state index is 13.9. The summed E-state index contributed by atoms with van der Waals surface area (Å²) in [6.45, 7) is 4.28. The van der Waals surface area contributed by atoms with E-state index in [2.05, 4.69) is 27.8 Å². The molecule has 1 atom stereocenters. The van der Waals surface area contributed by atoms with Gasteiger partial charge in [0.15, 0.2) is 0 Å². The lowest BCUT2D eigenvalue weighted by molar-refractivity contribution is 0.151. The molecule has 4 heteroatoms. The van der Waals surface area contributed by atoms with Crippen LogP contribution < -0.4 is 0 Å². The lowest BCUT2D eigenvalue weighted by atomic mass is 10.1. The van der Waals surface area contributed by atoms with E-state index in [9.17, 15) is 4.39 Å². The maximum Gasteiger partial charge on any atom is 0.127 e. The molecule has 2 aromatic rings. The van der Waals surface area contributed by atoms with Crippen LogP contribution in [0, 0.1) is 11.7 Å². The molecule has 3 rings (SSSR count). The van der Waals surface area contributed by atoms with Gasteiger partial charge in [-0.15, -0.1) is 0 Å². The third kappa shape index (κ3) is 3.57. The van der Waals surface area contributed by atoms with Gasteiger partial charge in [-0.1, -0.05) is 18.2 Å². The molecule has 1 aliphatic heterocycles. The van der Waals surface area contributed by atoms with E-state index in [1.54, 1.807) is 13.2 Å². The Kier molecular flexibility index (Phi) is 4.90. The summed E-state index contributed by atoms with van der Waals surface area (Å²) < 4.78 is 21.5. The Balaban J connectivity index is 1.76. The van der Waals surface area contributed by atoms with E-state index in [0.29, 0.717) is 12.5 Å². The fourth-order valence-electron chi connectivity index (χ4n) is 3.22. The maximum absolute atomic E-state index is 13.9. The Morgan fingerprint density at radius 2 is 2.05 bits per heavy atom. The molecule has 0 unspecified atom stereocenters. The highest BCUT2D eigenvalue weighted by molar-refractivity contribution is 5.18. The summed E-state index contributed by atoms with van der Waals surface area (Å²) in [7, 11) is 1.74. The standard InChI is InChI=1S/C18H23FN2O/c1-22-10-8-15-11-20(13-16-5-2-3-7-18(16)19)14-17-6-4-9-21(17)12-15/h2-7,9,15H,8,10-14H2,1H3/t15-/m0/s1. The average Bonchev–Trinajstić information content (AvgIpc) is 2.87. The highest BCUT2D eigenvalue weighted by Gasteiger charge is 2.22. The first-order valence-corrected chi connectivity index (χ1v) is 7.85. The first-order chi connectivity index (χ1) is 10.8. The molecule has 0 N–H and O–H groups in total. The van der Waals surface area contributed by atoms with Gasteiger partial charge in [0.2, 0.25) is 0 Å². The summed E-state index contributed by atoms with van der Waals surface area (Å²) in [6, 6.07) is 11.3. The summed E-state index contributed by atoms with van der Waals surface area (Å²) in [6.07, 6.45) is 3.17. The smallest absolute Gasteiger partial charge is 0.127 e. The SMILES string of the molecule is COCC[C@H]1CN(Cc2ccccc2F)Cc2cccn2C1. The highest BCUT2D eigenvalue weighted by atomic mass is 19.1. The number of ether oxygens (including phenoxy) is 1. The Bertz CT molecular complexity index is 611. The molecule has 1 aliphatic rings. The van der Waals surface area contributed by atoms with Gasteiger partial charge >= 0.3 is 0 Å². The van der Waals surface area contributed by atoms with Gasteiger partial charge in [-0.25, -0.2) is 4.39 Å². The number of hydrogen-bond donors (Lipinski definition) is 0. The summed E-state index contributed by atoms with van der Waals surface area (Å²) >= 11 is 0. The van der Waals surface area contributed by atoms with Crippen LogP contribution in [0.25, 0.3) is 0 Å². The van der Waals surface area contributed by atoms with Crippen molar-refractivity contribution < 1.29 is 9.13 Å². The minimum Gasteiger partial charge on any atom is -0.385 e. The molecule has 0 fully saturated rings. The van der Waals surface area contributed by atoms with Gasteiger partial charge in [0.25, 0.3) is 0 Å². The second-order valence-electron chi connectivity index (χ2n) is 6.06. The van der Waals surface area contributed by atoms with E-state index in [0.717, 1.165) is 38.2 Å². The predicted molar refractivity (Wildman–Crippen MR) is 84.9 cm³/mol. The van der Waals surface area contributed by atoms with Crippen LogP contribution in [0.15, 0.2) is 42.6 Å². The topological polar surface area (TPSA) is 17.4 Å². The molecular formula is C18H23FN2O. The van der Waals surface area contributed by atoms with Gasteiger partial charge in [0.1, 0.15) is 5.82 Å². The second kappa shape index (κ2) is 7.07. The largest absolute Gasteiger partial charge is 0.385 e. The molecule has 0 radical (unpaired) electrons. The van der Waals surface area contributed by atoms with Crippen molar-refractivity contribution in [1.29, 1.82) is 0 Å². The Morgan fingerprint density at radius 3 is 2.86 bits per heavy atom. The molecule has 0 saturated heterocycles.